The molecule has 0 radical (unpaired) electrons. The van der Waals surface area contributed by atoms with Crippen molar-refractivity contribution in [2.45, 2.75) is 46.3 Å². The first kappa shape index (κ1) is 12.3. The van der Waals surface area contributed by atoms with Gasteiger partial charge in [-0.3, -0.25) is 0 Å². The van der Waals surface area contributed by atoms with Crippen LogP contribution in [0.15, 0.2) is 4.52 Å². The van der Waals surface area contributed by atoms with Gasteiger partial charge in [-0.15, -0.1) is 0 Å². The molecule has 0 bridgehead atoms. The number of imidazole rings is 1. The van der Waals surface area contributed by atoms with Crippen molar-refractivity contribution in [2.24, 2.45) is 0 Å². The van der Waals surface area contributed by atoms with Crippen molar-refractivity contribution in [3.8, 4) is 11.6 Å². The highest BCUT2D eigenvalue weighted by molar-refractivity contribution is 5.46. The Balaban J connectivity index is 2.03. The molecule has 3 rings (SSSR count). The molecule has 0 aromatic carbocycles. The zero-order chi connectivity index (χ0) is 13.6. The molecule has 0 amide bonds. The molecular formula is C12H17N5O2. The van der Waals surface area contributed by atoms with Gasteiger partial charge >= 0.3 is 0 Å². The maximum atomic E-state index is 9.53. The van der Waals surface area contributed by atoms with E-state index in [4.69, 9.17) is 4.52 Å². The van der Waals surface area contributed by atoms with Crippen LogP contribution in [-0.2, 0) is 19.6 Å². The molecule has 7 heteroatoms. The van der Waals surface area contributed by atoms with Crippen LogP contribution >= 0.6 is 0 Å². The van der Waals surface area contributed by atoms with Crippen LogP contribution in [-0.4, -0.2) is 30.0 Å². The minimum Gasteiger partial charge on any atom is -0.339 e. The fourth-order valence-electron chi connectivity index (χ4n) is 2.31. The first-order valence-corrected chi connectivity index (χ1v) is 6.46. The summed E-state index contributed by atoms with van der Waals surface area (Å²) in [6, 6.07) is 0. The Morgan fingerprint density at radius 1 is 1.32 bits per heavy atom. The monoisotopic (exact) mass is 263 g/mol. The molecule has 0 saturated carbocycles. The van der Waals surface area contributed by atoms with Crippen LogP contribution in [0.3, 0.4) is 0 Å². The molecular weight excluding hydrogens is 246 g/mol. The summed E-state index contributed by atoms with van der Waals surface area (Å²) in [6.45, 7) is 7.75. The summed E-state index contributed by atoms with van der Waals surface area (Å²) in [4.78, 5) is 8.91. The molecule has 0 saturated heterocycles. The third-order valence-corrected chi connectivity index (χ3v) is 3.27. The third kappa shape index (κ3) is 1.95. The average molecular weight is 263 g/mol. The van der Waals surface area contributed by atoms with Crippen LogP contribution in [0.5, 0.6) is 0 Å². The van der Waals surface area contributed by atoms with Crippen LogP contribution < -0.4 is 0 Å². The molecule has 0 spiro atoms. The first-order valence-electron chi connectivity index (χ1n) is 6.46. The second-order valence-corrected chi connectivity index (χ2v) is 5.01. The maximum Gasteiger partial charge on any atom is 0.238 e. The summed E-state index contributed by atoms with van der Waals surface area (Å²) in [5, 5.41) is 14.8. The van der Waals surface area contributed by atoms with E-state index in [9.17, 15) is 5.21 Å². The number of nitrogens with zero attached hydrogens (tertiary/aromatic N) is 5. The largest absolute Gasteiger partial charge is 0.339 e. The summed E-state index contributed by atoms with van der Waals surface area (Å²) in [6.07, 6.45) is 0. The molecule has 3 heterocycles. The average Bonchev–Trinajstić information content (AvgIpc) is 3.00. The van der Waals surface area contributed by atoms with Crippen molar-refractivity contribution in [1.82, 2.24) is 24.8 Å². The topological polar surface area (TPSA) is 80.2 Å². The zero-order valence-electron chi connectivity index (χ0n) is 11.3. The van der Waals surface area contributed by atoms with Crippen molar-refractivity contribution < 1.29 is 9.73 Å². The Morgan fingerprint density at radius 2 is 2.11 bits per heavy atom. The van der Waals surface area contributed by atoms with Crippen LogP contribution in [0.4, 0.5) is 0 Å². The highest BCUT2D eigenvalue weighted by Gasteiger charge is 2.27. The number of hydroxylamine groups is 2. The van der Waals surface area contributed by atoms with E-state index in [1.807, 2.05) is 25.3 Å². The van der Waals surface area contributed by atoms with Gasteiger partial charge in [-0.05, 0) is 6.92 Å². The van der Waals surface area contributed by atoms with E-state index in [0.29, 0.717) is 24.8 Å². The van der Waals surface area contributed by atoms with E-state index >= 15 is 0 Å². The fourth-order valence-corrected chi connectivity index (χ4v) is 2.31. The van der Waals surface area contributed by atoms with Gasteiger partial charge in [0.2, 0.25) is 11.7 Å². The summed E-state index contributed by atoms with van der Waals surface area (Å²) >= 11 is 0. The fraction of sp³-hybridized carbons (Fsp3) is 0.583. The van der Waals surface area contributed by atoms with E-state index < -0.39 is 0 Å². The van der Waals surface area contributed by atoms with Gasteiger partial charge in [0.25, 0.3) is 0 Å². The lowest BCUT2D eigenvalue weighted by Gasteiger charge is -2.08. The molecule has 19 heavy (non-hydrogen) atoms. The molecule has 102 valence electrons. The van der Waals surface area contributed by atoms with Gasteiger partial charge in [0.1, 0.15) is 0 Å². The van der Waals surface area contributed by atoms with E-state index in [0.717, 1.165) is 23.8 Å². The van der Waals surface area contributed by atoms with Gasteiger partial charge in [0.15, 0.2) is 5.82 Å². The predicted molar refractivity (Wildman–Crippen MR) is 66.3 cm³/mol. The Morgan fingerprint density at radius 3 is 2.74 bits per heavy atom. The van der Waals surface area contributed by atoms with Gasteiger partial charge < -0.3 is 14.3 Å². The lowest BCUT2D eigenvalue weighted by molar-refractivity contribution is -0.0985. The van der Waals surface area contributed by atoms with Crippen LogP contribution in [0, 0.1) is 0 Å². The molecule has 2 aromatic heterocycles. The molecule has 0 fully saturated rings. The molecule has 1 N–H and O–H groups in total. The van der Waals surface area contributed by atoms with Crippen LogP contribution in [0.2, 0.25) is 0 Å². The molecule has 0 atom stereocenters. The van der Waals surface area contributed by atoms with E-state index in [2.05, 4.69) is 15.1 Å². The number of aromatic nitrogens is 4. The van der Waals surface area contributed by atoms with Gasteiger partial charge in [0.05, 0.1) is 24.5 Å². The number of hydrogen-bond donors (Lipinski definition) is 1. The minimum atomic E-state index is 0.200. The van der Waals surface area contributed by atoms with Gasteiger partial charge in [-0.25, -0.2) is 4.98 Å². The quantitative estimate of drug-likeness (QED) is 0.909. The summed E-state index contributed by atoms with van der Waals surface area (Å²) < 4.78 is 7.26. The van der Waals surface area contributed by atoms with E-state index in [1.165, 1.54) is 5.06 Å². The second-order valence-electron chi connectivity index (χ2n) is 5.01. The van der Waals surface area contributed by atoms with Crippen molar-refractivity contribution in [1.29, 1.82) is 0 Å². The number of hydrogen-bond acceptors (Lipinski definition) is 6. The Hall–Kier alpha value is -1.73. The normalized spacial score (nSPS) is 15.4. The molecule has 1 aliphatic rings. The Labute approximate surface area is 110 Å². The van der Waals surface area contributed by atoms with Gasteiger partial charge in [-0.1, -0.05) is 19.0 Å². The maximum absolute atomic E-state index is 9.53. The van der Waals surface area contributed by atoms with Crippen molar-refractivity contribution in [2.75, 3.05) is 0 Å². The van der Waals surface area contributed by atoms with E-state index in [1.54, 1.807) is 0 Å². The highest BCUT2D eigenvalue weighted by atomic mass is 16.5. The molecule has 0 aliphatic carbocycles. The number of rotatable bonds is 3. The summed E-state index contributed by atoms with van der Waals surface area (Å²) in [5.74, 6) is 2.05. The third-order valence-electron chi connectivity index (χ3n) is 3.27. The summed E-state index contributed by atoms with van der Waals surface area (Å²) in [7, 11) is 0. The SMILES string of the molecule is CCn1c(-c2noc(C(C)C)n2)nc2c1CN(O)C2. The highest BCUT2D eigenvalue weighted by Crippen LogP contribution is 2.27. The van der Waals surface area contributed by atoms with Crippen LogP contribution in [0.1, 0.15) is 44.0 Å². The number of fused-ring (bicyclic) bond motifs is 1. The van der Waals surface area contributed by atoms with Crippen LogP contribution in [0.25, 0.3) is 11.6 Å². The van der Waals surface area contributed by atoms with Gasteiger partial charge in [-0.2, -0.15) is 10.0 Å². The van der Waals surface area contributed by atoms with E-state index in [-0.39, 0.29) is 5.92 Å². The minimum absolute atomic E-state index is 0.200. The van der Waals surface area contributed by atoms with Crippen molar-refractivity contribution in [3.63, 3.8) is 0 Å². The predicted octanol–water partition coefficient (Wildman–Crippen LogP) is 1.78. The Bertz CT molecular complexity index is 601. The van der Waals surface area contributed by atoms with Crippen molar-refractivity contribution >= 4 is 0 Å². The molecule has 7 nitrogen and oxygen atoms in total. The molecule has 2 aromatic rings. The molecule has 0 unspecified atom stereocenters. The first-order chi connectivity index (χ1) is 9.10. The smallest absolute Gasteiger partial charge is 0.238 e. The lowest BCUT2D eigenvalue weighted by Crippen LogP contribution is -2.13. The van der Waals surface area contributed by atoms with Crippen molar-refractivity contribution in [3.05, 3.63) is 17.3 Å². The Kier molecular flexibility index (Phi) is 2.87. The molecule has 1 aliphatic heterocycles. The lowest BCUT2D eigenvalue weighted by atomic mass is 10.2. The zero-order valence-corrected chi connectivity index (χ0v) is 11.3. The van der Waals surface area contributed by atoms with Gasteiger partial charge in [0, 0.05) is 12.5 Å². The standard InChI is InChI=1S/C12H17N5O2/c1-4-17-9-6-16(18)5-8(9)13-11(17)10-14-12(7(2)3)19-15-10/h7,18H,4-6H2,1-3H3. The summed E-state index contributed by atoms with van der Waals surface area (Å²) in [5.41, 5.74) is 1.91. The second kappa shape index (κ2) is 4.43.